The fraction of sp³-hybridized carbons (Fsp3) is 0.143. The number of hydrogen-bond donors (Lipinski definition) is 0. The zero-order valence-corrected chi connectivity index (χ0v) is 10.0. The van der Waals surface area contributed by atoms with E-state index in [9.17, 15) is 14.5 Å². The van der Waals surface area contributed by atoms with Gasteiger partial charge in [-0.3, -0.25) is 10.1 Å². The second-order valence-electron chi connectivity index (χ2n) is 2.40. The van der Waals surface area contributed by atoms with Crippen LogP contribution in [0.4, 0.5) is 10.1 Å². The van der Waals surface area contributed by atoms with Crippen LogP contribution >= 0.6 is 28.5 Å². The molecular weight excluding hydrogens is 323 g/mol. The van der Waals surface area contributed by atoms with E-state index in [0.717, 1.165) is 6.07 Å². The van der Waals surface area contributed by atoms with Gasteiger partial charge in [0.2, 0.25) is 0 Å². The van der Waals surface area contributed by atoms with Gasteiger partial charge in [-0.25, -0.2) is 4.39 Å². The Kier molecular flexibility index (Phi) is 4.64. The molecule has 76 valence electrons. The SMILES string of the molecule is O=[N+]([O-])c1ccc(COPI)c(F)c1. The van der Waals surface area contributed by atoms with E-state index in [4.69, 9.17) is 4.52 Å². The lowest BCUT2D eigenvalue weighted by molar-refractivity contribution is -0.385. The second-order valence-corrected chi connectivity index (χ2v) is 4.16. The number of halogens is 2. The van der Waals surface area contributed by atoms with Gasteiger partial charge >= 0.3 is 0 Å². The molecule has 1 atom stereocenters. The summed E-state index contributed by atoms with van der Waals surface area (Å²) in [7, 11) is 0. The van der Waals surface area contributed by atoms with Crippen molar-refractivity contribution in [3.8, 4) is 0 Å². The van der Waals surface area contributed by atoms with Crippen molar-refractivity contribution in [3.63, 3.8) is 0 Å². The van der Waals surface area contributed by atoms with Gasteiger partial charge in [-0.1, -0.05) is 0 Å². The molecule has 0 saturated heterocycles. The van der Waals surface area contributed by atoms with E-state index in [1.54, 1.807) is 0 Å². The quantitative estimate of drug-likeness (QED) is 0.369. The third-order valence-electron chi connectivity index (χ3n) is 1.53. The van der Waals surface area contributed by atoms with Crippen LogP contribution in [0.2, 0.25) is 0 Å². The van der Waals surface area contributed by atoms with E-state index in [0.29, 0.717) is 5.56 Å². The topological polar surface area (TPSA) is 52.4 Å². The normalized spacial score (nSPS) is 11.0. The van der Waals surface area contributed by atoms with Crippen molar-refractivity contribution in [3.05, 3.63) is 39.7 Å². The van der Waals surface area contributed by atoms with Gasteiger partial charge in [0.15, 0.2) is 0 Å². The number of rotatable bonds is 4. The van der Waals surface area contributed by atoms with Crippen molar-refractivity contribution in [1.82, 2.24) is 0 Å². The van der Waals surface area contributed by atoms with Crippen LogP contribution in [0.15, 0.2) is 18.2 Å². The van der Waals surface area contributed by atoms with Crippen molar-refractivity contribution < 1.29 is 13.8 Å². The van der Waals surface area contributed by atoms with Crippen LogP contribution in [0.5, 0.6) is 0 Å². The predicted octanol–water partition coefficient (Wildman–Crippen LogP) is 3.19. The highest BCUT2D eigenvalue weighted by Gasteiger charge is 2.10. The van der Waals surface area contributed by atoms with Gasteiger partial charge in [0.25, 0.3) is 5.69 Å². The zero-order chi connectivity index (χ0) is 10.6. The molecule has 14 heavy (non-hydrogen) atoms. The van der Waals surface area contributed by atoms with E-state index in [2.05, 4.69) is 0 Å². The van der Waals surface area contributed by atoms with E-state index < -0.39 is 10.7 Å². The molecule has 0 N–H and O–H groups in total. The molecule has 0 aliphatic heterocycles. The Morgan fingerprint density at radius 2 is 2.36 bits per heavy atom. The van der Waals surface area contributed by atoms with Crippen molar-refractivity contribution in [2.24, 2.45) is 0 Å². The highest BCUT2D eigenvalue weighted by atomic mass is 127. The second kappa shape index (κ2) is 5.53. The first-order chi connectivity index (χ1) is 6.65. The first kappa shape index (κ1) is 11.7. The summed E-state index contributed by atoms with van der Waals surface area (Å²) >= 11 is 2.02. The molecule has 0 heterocycles. The Hall–Kier alpha value is -0.330. The molecular formula is C7H6FINO3P. The number of non-ortho nitro benzene ring substituents is 1. The smallest absolute Gasteiger partial charge is 0.272 e. The minimum absolute atomic E-state index is 0.144. The summed E-state index contributed by atoms with van der Waals surface area (Å²) in [6.07, 6.45) is 0. The molecule has 0 saturated carbocycles. The third-order valence-corrected chi connectivity index (χ3v) is 2.72. The molecule has 0 aromatic heterocycles. The van der Waals surface area contributed by atoms with Gasteiger partial charge < -0.3 is 4.52 Å². The minimum atomic E-state index is -0.631. The van der Waals surface area contributed by atoms with Gasteiger partial charge in [-0.15, -0.1) is 0 Å². The van der Waals surface area contributed by atoms with Crippen molar-refractivity contribution in [2.45, 2.75) is 6.61 Å². The fourth-order valence-corrected chi connectivity index (χ4v) is 1.55. The minimum Gasteiger partial charge on any atom is -0.347 e. The van der Waals surface area contributed by atoms with Crippen LogP contribution in [0.3, 0.4) is 0 Å². The Morgan fingerprint density at radius 1 is 1.64 bits per heavy atom. The maximum Gasteiger partial charge on any atom is 0.272 e. The standard InChI is InChI=1S/C7H6FINO3P/c8-7-3-6(10(11)12)2-1-5(7)4-13-14-9/h1-3,14H,4H2. The summed E-state index contributed by atoms with van der Waals surface area (Å²) in [4.78, 5) is 9.66. The summed E-state index contributed by atoms with van der Waals surface area (Å²) in [6.45, 7) is 0.386. The Bertz CT molecular complexity index is 350. The molecule has 0 amide bonds. The number of hydrogen-bond acceptors (Lipinski definition) is 3. The van der Waals surface area contributed by atoms with Crippen LogP contribution in [0, 0.1) is 15.9 Å². The summed E-state index contributed by atoms with van der Waals surface area (Å²) in [5.41, 5.74) is 0.0861. The number of benzene rings is 1. The summed E-state index contributed by atoms with van der Waals surface area (Å²) < 4.78 is 18.2. The summed E-state index contributed by atoms with van der Waals surface area (Å²) in [5, 5.41) is 10.3. The van der Waals surface area contributed by atoms with E-state index in [-0.39, 0.29) is 18.7 Å². The molecule has 0 aliphatic rings. The van der Waals surface area contributed by atoms with Gasteiger partial charge in [0, 0.05) is 11.6 Å². The first-order valence-corrected chi connectivity index (χ1v) is 7.57. The average molecular weight is 329 g/mol. The van der Waals surface area contributed by atoms with Crippen LogP contribution in [0.1, 0.15) is 5.56 Å². The number of nitro benzene ring substituents is 1. The van der Waals surface area contributed by atoms with E-state index in [1.165, 1.54) is 12.1 Å². The molecule has 0 fully saturated rings. The molecule has 1 aromatic carbocycles. The van der Waals surface area contributed by atoms with Crippen LogP contribution in [0.25, 0.3) is 0 Å². The largest absolute Gasteiger partial charge is 0.347 e. The van der Waals surface area contributed by atoms with Crippen molar-refractivity contribution in [1.29, 1.82) is 0 Å². The molecule has 0 bridgehead atoms. The van der Waals surface area contributed by atoms with Crippen molar-refractivity contribution in [2.75, 3.05) is 0 Å². The highest BCUT2D eigenvalue weighted by Crippen LogP contribution is 2.25. The average Bonchev–Trinajstić information content (AvgIpc) is 2.15. The predicted molar refractivity (Wildman–Crippen MR) is 60.2 cm³/mol. The van der Waals surface area contributed by atoms with Gasteiger partial charge in [-0.2, -0.15) is 0 Å². The molecule has 0 radical (unpaired) electrons. The first-order valence-electron chi connectivity index (χ1n) is 3.55. The maximum absolute atomic E-state index is 13.1. The van der Waals surface area contributed by atoms with Crippen molar-refractivity contribution >= 4 is 34.2 Å². The molecule has 0 aliphatic carbocycles. The summed E-state index contributed by atoms with van der Waals surface area (Å²) in [5.74, 6) is -0.603. The van der Waals surface area contributed by atoms with Gasteiger partial charge in [0.05, 0.1) is 24.0 Å². The lowest BCUT2D eigenvalue weighted by atomic mass is 10.2. The Balaban J connectivity index is 2.84. The van der Waals surface area contributed by atoms with Crippen LogP contribution in [-0.2, 0) is 11.1 Å². The fourth-order valence-electron chi connectivity index (χ4n) is 0.872. The Labute approximate surface area is 94.3 Å². The lowest BCUT2D eigenvalue weighted by Crippen LogP contribution is -1.94. The number of nitrogens with zero attached hydrogens (tertiary/aromatic N) is 1. The van der Waals surface area contributed by atoms with Crippen LogP contribution in [-0.4, -0.2) is 4.92 Å². The molecule has 1 unspecified atom stereocenters. The van der Waals surface area contributed by atoms with Gasteiger partial charge in [-0.05, 0) is 28.1 Å². The monoisotopic (exact) mass is 329 g/mol. The van der Waals surface area contributed by atoms with Crippen LogP contribution < -0.4 is 0 Å². The maximum atomic E-state index is 13.1. The molecule has 1 aromatic rings. The lowest BCUT2D eigenvalue weighted by Gasteiger charge is -2.01. The van der Waals surface area contributed by atoms with E-state index >= 15 is 0 Å². The Morgan fingerprint density at radius 3 is 2.86 bits per heavy atom. The third kappa shape index (κ3) is 3.11. The van der Waals surface area contributed by atoms with Gasteiger partial charge in [0.1, 0.15) is 5.82 Å². The molecule has 0 spiro atoms. The molecule has 4 nitrogen and oxygen atoms in total. The summed E-state index contributed by atoms with van der Waals surface area (Å²) in [6, 6.07) is 3.53. The molecule has 1 rings (SSSR count). The highest BCUT2D eigenvalue weighted by molar-refractivity contribution is 14.2. The van der Waals surface area contributed by atoms with E-state index in [1.807, 2.05) is 22.0 Å². The molecule has 7 heteroatoms. The number of nitro groups is 1. The zero-order valence-electron chi connectivity index (χ0n) is 6.87.